The summed E-state index contributed by atoms with van der Waals surface area (Å²) in [5.74, 6) is -4.52. The molecule has 0 radical (unpaired) electrons. The van der Waals surface area contributed by atoms with Gasteiger partial charge in [0.2, 0.25) is 0 Å². The summed E-state index contributed by atoms with van der Waals surface area (Å²) in [5, 5.41) is 11.7. The van der Waals surface area contributed by atoms with E-state index in [1.807, 2.05) is 0 Å². The third kappa shape index (κ3) is 4.87. The number of hydrogen-bond donors (Lipinski definition) is 0. The molecule has 2 atom stereocenters. The number of carboxylic acid groups (broad SMARTS) is 1. The molecule has 0 bridgehead atoms. The van der Waals surface area contributed by atoms with Crippen LogP contribution in [-0.4, -0.2) is 18.0 Å². The van der Waals surface area contributed by atoms with E-state index >= 15 is 0 Å². The first-order valence-corrected chi connectivity index (χ1v) is 9.80. The number of aliphatic imine (C=N–C) groups is 1. The Morgan fingerprint density at radius 3 is 1.97 bits per heavy atom. The standard InChI is InChI=1S/C24H16F5NO3/c25-18-2-1-3-19(26)21(18)20-12-17(23(31)32)22(30-20)15-6-4-13(5-7-15)14-8-10-16(11-9-14)33-24(27,28)29/h1-11,17,22H,12H2,(H,31,32)/p-1/t17-,22-/m0/s1. The molecule has 1 aliphatic rings. The molecule has 0 saturated heterocycles. The molecule has 0 aliphatic carbocycles. The van der Waals surface area contributed by atoms with Gasteiger partial charge in [0.1, 0.15) is 17.4 Å². The zero-order valence-corrected chi connectivity index (χ0v) is 16.8. The van der Waals surface area contributed by atoms with Gasteiger partial charge in [0, 0.05) is 24.0 Å². The summed E-state index contributed by atoms with van der Waals surface area (Å²) in [7, 11) is 0. The Morgan fingerprint density at radius 2 is 1.45 bits per heavy atom. The van der Waals surface area contributed by atoms with Crippen molar-refractivity contribution >= 4 is 11.7 Å². The lowest BCUT2D eigenvalue weighted by Crippen LogP contribution is -2.33. The van der Waals surface area contributed by atoms with E-state index in [1.165, 1.54) is 30.3 Å². The van der Waals surface area contributed by atoms with Crippen LogP contribution in [-0.2, 0) is 4.79 Å². The summed E-state index contributed by atoms with van der Waals surface area (Å²) in [4.78, 5) is 16.0. The van der Waals surface area contributed by atoms with Crippen LogP contribution in [0.25, 0.3) is 11.1 Å². The number of halogens is 5. The molecule has 1 heterocycles. The quantitative estimate of drug-likeness (QED) is 0.513. The monoisotopic (exact) mass is 460 g/mol. The average molecular weight is 460 g/mol. The highest BCUT2D eigenvalue weighted by Crippen LogP contribution is 2.38. The van der Waals surface area contributed by atoms with Crippen molar-refractivity contribution in [1.29, 1.82) is 0 Å². The SMILES string of the molecule is O=C([O-])[C@H]1CC(c2c(F)cccc2F)=N[C@H]1c1ccc(-c2ccc(OC(F)(F)F)cc2)cc1. The number of carbonyl (C=O) groups excluding carboxylic acids is 1. The number of carboxylic acids is 1. The Morgan fingerprint density at radius 1 is 0.909 bits per heavy atom. The van der Waals surface area contributed by atoms with Crippen LogP contribution in [0.2, 0.25) is 0 Å². The molecule has 3 aromatic rings. The van der Waals surface area contributed by atoms with Crippen molar-refractivity contribution in [3.63, 3.8) is 0 Å². The van der Waals surface area contributed by atoms with Gasteiger partial charge in [-0.15, -0.1) is 13.2 Å². The highest BCUT2D eigenvalue weighted by molar-refractivity contribution is 6.04. The summed E-state index contributed by atoms with van der Waals surface area (Å²) in [6, 6.07) is 14.2. The van der Waals surface area contributed by atoms with Gasteiger partial charge >= 0.3 is 6.36 Å². The maximum Gasteiger partial charge on any atom is 0.573 e. The Kier molecular flexibility index (Phi) is 5.88. The van der Waals surface area contributed by atoms with Crippen molar-refractivity contribution in [3.8, 4) is 16.9 Å². The minimum atomic E-state index is -4.79. The van der Waals surface area contributed by atoms with Crippen LogP contribution in [0.4, 0.5) is 22.0 Å². The molecule has 4 rings (SSSR count). The maximum atomic E-state index is 14.2. The molecule has 0 fully saturated rings. The third-order valence-electron chi connectivity index (χ3n) is 5.32. The highest BCUT2D eigenvalue weighted by Gasteiger charge is 2.34. The number of ether oxygens (including phenoxy) is 1. The van der Waals surface area contributed by atoms with Crippen molar-refractivity contribution in [2.45, 2.75) is 18.8 Å². The molecule has 4 nitrogen and oxygen atoms in total. The second-order valence-electron chi connectivity index (χ2n) is 7.44. The summed E-state index contributed by atoms with van der Waals surface area (Å²) in [6.45, 7) is 0. The fourth-order valence-corrected chi connectivity index (χ4v) is 3.81. The van der Waals surface area contributed by atoms with Crippen LogP contribution < -0.4 is 9.84 Å². The molecule has 170 valence electrons. The Labute approximate surface area is 185 Å². The molecule has 9 heteroatoms. The Bertz CT molecular complexity index is 1180. The highest BCUT2D eigenvalue weighted by atomic mass is 19.4. The second-order valence-corrected chi connectivity index (χ2v) is 7.44. The molecule has 0 unspecified atom stereocenters. The van der Waals surface area contributed by atoms with E-state index in [-0.39, 0.29) is 23.4 Å². The predicted octanol–water partition coefficient (Wildman–Crippen LogP) is 4.83. The molecule has 0 spiro atoms. The van der Waals surface area contributed by atoms with E-state index in [4.69, 9.17) is 0 Å². The van der Waals surface area contributed by atoms with Crippen molar-refractivity contribution in [1.82, 2.24) is 0 Å². The Balaban J connectivity index is 1.60. The van der Waals surface area contributed by atoms with Gasteiger partial charge in [-0.25, -0.2) is 8.78 Å². The maximum absolute atomic E-state index is 14.2. The van der Waals surface area contributed by atoms with Gasteiger partial charge < -0.3 is 14.6 Å². The summed E-state index contributed by atoms with van der Waals surface area (Å²) in [5.41, 5.74) is 1.41. The van der Waals surface area contributed by atoms with Crippen molar-refractivity contribution in [3.05, 3.63) is 89.5 Å². The number of nitrogens with zero attached hydrogens (tertiary/aromatic N) is 1. The molecule has 3 aromatic carbocycles. The number of hydrogen-bond acceptors (Lipinski definition) is 4. The van der Waals surface area contributed by atoms with Gasteiger partial charge in [0.25, 0.3) is 0 Å². The number of alkyl halides is 3. The van der Waals surface area contributed by atoms with Gasteiger partial charge in [0.15, 0.2) is 0 Å². The van der Waals surface area contributed by atoms with E-state index in [0.717, 1.165) is 12.1 Å². The fourth-order valence-electron chi connectivity index (χ4n) is 3.81. The van der Waals surface area contributed by atoms with E-state index in [2.05, 4.69) is 9.73 Å². The third-order valence-corrected chi connectivity index (χ3v) is 5.32. The lowest BCUT2D eigenvalue weighted by atomic mass is 9.90. The molecule has 0 aromatic heterocycles. The minimum Gasteiger partial charge on any atom is -0.550 e. The van der Waals surface area contributed by atoms with Crippen LogP contribution in [0.3, 0.4) is 0 Å². The first-order valence-electron chi connectivity index (χ1n) is 9.80. The lowest BCUT2D eigenvalue weighted by molar-refractivity contribution is -0.311. The molecule has 1 aliphatic heterocycles. The van der Waals surface area contributed by atoms with E-state index in [1.54, 1.807) is 24.3 Å². The summed E-state index contributed by atoms with van der Waals surface area (Å²) < 4.78 is 69.1. The topological polar surface area (TPSA) is 61.7 Å². The lowest BCUT2D eigenvalue weighted by Gasteiger charge is -2.19. The van der Waals surface area contributed by atoms with Crippen molar-refractivity contribution in [2.75, 3.05) is 0 Å². The summed E-state index contributed by atoms with van der Waals surface area (Å²) >= 11 is 0. The largest absolute Gasteiger partial charge is 0.573 e. The van der Waals surface area contributed by atoms with E-state index in [0.29, 0.717) is 16.7 Å². The smallest absolute Gasteiger partial charge is 0.550 e. The normalized spacial score (nSPS) is 18.2. The average Bonchev–Trinajstić information content (AvgIpc) is 3.18. The minimum absolute atomic E-state index is 0.00845. The zero-order chi connectivity index (χ0) is 23.8. The molecule has 0 saturated carbocycles. The van der Waals surface area contributed by atoms with Gasteiger partial charge in [0.05, 0.1) is 11.6 Å². The van der Waals surface area contributed by atoms with E-state index < -0.39 is 35.9 Å². The number of aliphatic carboxylic acids is 1. The van der Waals surface area contributed by atoms with Gasteiger partial charge in [-0.05, 0) is 41.0 Å². The van der Waals surface area contributed by atoms with Crippen molar-refractivity contribution in [2.24, 2.45) is 10.9 Å². The zero-order valence-electron chi connectivity index (χ0n) is 16.8. The van der Waals surface area contributed by atoms with Gasteiger partial charge in [-0.2, -0.15) is 0 Å². The fraction of sp³-hybridized carbons (Fsp3) is 0.167. The predicted molar refractivity (Wildman–Crippen MR) is 107 cm³/mol. The Hall–Kier alpha value is -3.75. The molecular formula is C24H15F5NO3-. The molecule has 33 heavy (non-hydrogen) atoms. The van der Waals surface area contributed by atoms with Crippen LogP contribution in [0.5, 0.6) is 5.75 Å². The van der Waals surface area contributed by atoms with E-state index in [9.17, 15) is 31.9 Å². The number of carbonyl (C=O) groups is 1. The first-order chi connectivity index (χ1) is 15.6. The van der Waals surface area contributed by atoms with Gasteiger partial charge in [-0.3, -0.25) is 4.99 Å². The van der Waals surface area contributed by atoms with Crippen molar-refractivity contribution < 1.29 is 36.6 Å². The second kappa shape index (κ2) is 8.65. The van der Waals surface area contributed by atoms with Crippen LogP contribution in [0.15, 0.2) is 71.7 Å². The first kappa shape index (κ1) is 22.4. The van der Waals surface area contributed by atoms with Crippen LogP contribution in [0.1, 0.15) is 23.6 Å². The number of rotatable bonds is 5. The summed E-state index contributed by atoms with van der Waals surface area (Å²) in [6.07, 6.45) is -4.97. The van der Waals surface area contributed by atoms with Gasteiger partial charge in [-0.1, -0.05) is 42.5 Å². The molecule has 0 amide bonds. The number of benzene rings is 3. The van der Waals surface area contributed by atoms with Crippen LogP contribution >= 0.6 is 0 Å². The molecule has 0 N–H and O–H groups in total. The molecular weight excluding hydrogens is 445 g/mol. The van der Waals surface area contributed by atoms with Crippen LogP contribution in [0, 0.1) is 17.6 Å².